The van der Waals surface area contributed by atoms with E-state index < -0.39 is 29.3 Å². The van der Waals surface area contributed by atoms with Gasteiger partial charge in [0.25, 0.3) is 0 Å². The Kier molecular flexibility index (Phi) is 5.64. The molecule has 1 amide bonds. The number of esters is 1. The lowest BCUT2D eigenvalue weighted by Crippen LogP contribution is -2.45. The zero-order valence-corrected chi connectivity index (χ0v) is 12.4. The molecule has 0 saturated carbocycles. The van der Waals surface area contributed by atoms with Gasteiger partial charge in [0.05, 0.1) is 0 Å². The number of carbonyl (C=O) groups excluding carboxylic acids is 2. The first-order chi connectivity index (χ1) is 7.94. The SMILES string of the molecule is CC[C@H](NC(=O)OC(C)(C)C)C(=O)OC(C)(C)C. The van der Waals surface area contributed by atoms with Gasteiger partial charge in [-0.1, -0.05) is 6.92 Å². The summed E-state index contributed by atoms with van der Waals surface area (Å²) in [6, 6.07) is -0.681. The van der Waals surface area contributed by atoms with E-state index in [4.69, 9.17) is 9.47 Å². The Morgan fingerprint density at radius 2 is 1.44 bits per heavy atom. The van der Waals surface area contributed by atoms with E-state index in [1.807, 2.05) is 0 Å². The maximum absolute atomic E-state index is 11.8. The smallest absolute Gasteiger partial charge is 0.408 e. The molecular weight excluding hydrogens is 234 g/mol. The summed E-state index contributed by atoms with van der Waals surface area (Å²) in [6.07, 6.45) is -0.158. The van der Waals surface area contributed by atoms with Gasteiger partial charge >= 0.3 is 12.1 Å². The molecule has 0 fully saturated rings. The van der Waals surface area contributed by atoms with E-state index in [1.165, 1.54) is 0 Å². The molecule has 0 aliphatic carbocycles. The summed E-state index contributed by atoms with van der Waals surface area (Å²) < 4.78 is 10.3. The Hall–Kier alpha value is -1.26. The Morgan fingerprint density at radius 3 is 1.78 bits per heavy atom. The molecule has 0 spiro atoms. The maximum atomic E-state index is 11.8. The fraction of sp³-hybridized carbons (Fsp3) is 0.846. The highest BCUT2D eigenvalue weighted by molar-refractivity contribution is 5.81. The summed E-state index contributed by atoms with van der Waals surface area (Å²) in [6.45, 7) is 12.4. The van der Waals surface area contributed by atoms with Crippen molar-refractivity contribution in [3.8, 4) is 0 Å². The number of hydrogen-bond acceptors (Lipinski definition) is 4. The number of amides is 1. The van der Waals surface area contributed by atoms with E-state index in [2.05, 4.69) is 5.32 Å². The topological polar surface area (TPSA) is 64.6 Å². The average Bonchev–Trinajstić information content (AvgIpc) is 2.07. The van der Waals surface area contributed by atoms with Crippen LogP contribution in [0.4, 0.5) is 4.79 Å². The Balaban J connectivity index is 4.44. The quantitative estimate of drug-likeness (QED) is 0.791. The van der Waals surface area contributed by atoms with Crippen molar-refractivity contribution in [2.45, 2.75) is 72.1 Å². The van der Waals surface area contributed by atoms with Crippen LogP contribution in [0.5, 0.6) is 0 Å². The Morgan fingerprint density at radius 1 is 1.00 bits per heavy atom. The highest BCUT2D eigenvalue weighted by Crippen LogP contribution is 2.11. The number of alkyl carbamates (subject to hydrolysis) is 1. The second-order valence-electron chi connectivity index (χ2n) is 6.14. The van der Waals surface area contributed by atoms with Gasteiger partial charge in [0, 0.05) is 0 Å². The monoisotopic (exact) mass is 259 g/mol. The van der Waals surface area contributed by atoms with Crippen molar-refractivity contribution in [2.24, 2.45) is 0 Å². The van der Waals surface area contributed by atoms with Gasteiger partial charge in [-0.05, 0) is 48.0 Å². The van der Waals surface area contributed by atoms with E-state index >= 15 is 0 Å². The minimum absolute atomic E-state index is 0.448. The van der Waals surface area contributed by atoms with Crippen molar-refractivity contribution >= 4 is 12.1 Å². The number of carbonyl (C=O) groups is 2. The third-order valence-corrected chi connectivity index (χ3v) is 1.79. The molecule has 0 aromatic heterocycles. The number of rotatable bonds is 3. The van der Waals surface area contributed by atoms with Gasteiger partial charge in [0.15, 0.2) is 0 Å². The van der Waals surface area contributed by atoms with E-state index in [1.54, 1.807) is 48.5 Å². The fourth-order valence-corrected chi connectivity index (χ4v) is 1.15. The molecule has 0 aromatic carbocycles. The van der Waals surface area contributed by atoms with Crippen LogP contribution in [0.3, 0.4) is 0 Å². The van der Waals surface area contributed by atoms with Gasteiger partial charge in [-0.25, -0.2) is 9.59 Å². The van der Waals surface area contributed by atoms with Gasteiger partial charge in [0.2, 0.25) is 0 Å². The number of nitrogens with one attached hydrogen (secondary N) is 1. The zero-order chi connectivity index (χ0) is 14.6. The largest absolute Gasteiger partial charge is 0.458 e. The van der Waals surface area contributed by atoms with Gasteiger partial charge in [-0.15, -0.1) is 0 Å². The van der Waals surface area contributed by atoms with Crippen LogP contribution in [0, 0.1) is 0 Å². The van der Waals surface area contributed by atoms with Gasteiger partial charge in [0.1, 0.15) is 17.2 Å². The van der Waals surface area contributed by atoms with E-state index in [0.717, 1.165) is 0 Å². The van der Waals surface area contributed by atoms with Crippen LogP contribution in [-0.2, 0) is 14.3 Å². The minimum Gasteiger partial charge on any atom is -0.458 e. The summed E-state index contributed by atoms with van der Waals surface area (Å²) in [5.41, 5.74) is -1.16. The molecule has 0 heterocycles. The zero-order valence-electron chi connectivity index (χ0n) is 12.4. The molecule has 0 aliphatic heterocycles. The summed E-state index contributed by atoms with van der Waals surface area (Å²) >= 11 is 0. The van der Waals surface area contributed by atoms with Crippen molar-refractivity contribution in [1.82, 2.24) is 5.32 Å². The van der Waals surface area contributed by atoms with Crippen LogP contribution in [0.2, 0.25) is 0 Å². The van der Waals surface area contributed by atoms with Crippen LogP contribution in [-0.4, -0.2) is 29.3 Å². The lowest BCUT2D eigenvalue weighted by molar-refractivity contribution is -0.157. The minimum atomic E-state index is -0.681. The molecule has 5 nitrogen and oxygen atoms in total. The van der Waals surface area contributed by atoms with Gasteiger partial charge in [-0.3, -0.25) is 0 Å². The van der Waals surface area contributed by atoms with Gasteiger partial charge in [-0.2, -0.15) is 0 Å². The van der Waals surface area contributed by atoms with Crippen molar-refractivity contribution in [3.05, 3.63) is 0 Å². The predicted molar refractivity (Wildman–Crippen MR) is 69.3 cm³/mol. The molecule has 5 heteroatoms. The van der Waals surface area contributed by atoms with Gasteiger partial charge < -0.3 is 14.8 Å². The molecular formula is C13H25NO4. The molecule has 0 radical (unpaired) electrons. The summed E-state index contributed by atoms with van der Waals surface area (Å²) in [5, 5.41) is 2.51. The highest BCUT2D eigenvalue weighted by atomic mass is 16.6. The summed E-state index contributed by atoms with van der Waals surface area (Å²) in [7, 11) is 0. The van der Waals surface area contributed by atoms with Crippen molar-refractivity contribution in [2.75, 3.05) is 0 Å². The predicted octanol–water partition coefficient (Wildman–Crippen LogP) is 2.63. The first kappa shape index (κ1) is 16.7. The standard InChI is InChI=1S/C13H25NO4/c1-8-9(10(15)17-12(2,3)4)14-11(16)18-13(5,6)7/h9H,8H2,1-7H3,(H,14,16)/t9-/m0/s1. The Bertz CT molecular complexity index is 299. The van der Waals surface area contributed by atoms with E-state index in [9.17, 15) is 9.59 Å². The first-order valence-corrected chi connectivity index (χ1v) is 6.17. The average molecular weight is 259 g/mol. The molecule has 0 unspecified atom stereocenters. The molecule has 0 saturated heterocycles. The van der Waals surface area contributed by atoms with E-state index in [-0.39, 0.29) is 0 Å². The second kappa shape index (κ2) is 6.07. The van der Waals surface area contributed by atoms with Crippen LogP contribution >= 0.6 is 0 Å². The fourth-order valence-electron chi connectivity index (χ4n) is 1.15. The highest BCUT2D eigenvalue weighted by Gasteiger charge is 2.27. The molecule has 0 aromatic rings. The number of ether oxygens (including phenoxy) is 2. The third-order valence-electron chi connectivity index (χ3n) is 1.79. The third kappa shape index (κ3) is 7.92. The number of hydrogen-bond donors (Lipinski definition) is 1. The lowest BCUT2D eigenvalue weighted by atomic mass is 10.1. The normalized spacial score (nSPS) is 13.7. The van der Waals surface area contributed by atoms with Crippen LogP contribution < -0.4 is 5.32 Å². The molecule has 0 aliphatic rings. The van der Waals surface area contributed by atoms with Crippen LogP contribution in [0.15, 0.2) is 0 Å². The molecule has 1 N–H and O–H groups in total. The maximum Gasteiger partial charge on any atom is 0.408 e. The van der Waals surface area contributed by atoms with Crippen molar-refractivity contribution in [3.63, 3.8) is 0 Å². The molecule has 106 valence electrons. The summed E-state index contributed by atoms with van der Waals surface area (Å²) in [4.78, 5) is 23.4. The van der Waals surface area contributed by atoms with Crippen LogP contribution in [0.25, 0.3) is 0 Å². The molecule has 0 rings (SSSR count). The second-order valence-corrected chi connectivity index (χ2v) is 6.14. The van der Waals surface area contributed by atoms with E-state index in [0.29, 0.717) is 6.42 Å². The van der Waals surface area contributed by atoms with Crippen molar-refractivity contribution < 1.29 is 19.1 Å². The molecule has 1 atom stereocenters. The summed E-state index contributed by atoms with van der Waals surface area (Å²) in [5.74, 6) is -0.448. The lowest BCUT2D eigenvalue weighted by Gasteiger charge is -2.25. The molecule has 0 bridgehead atoms. The molecule has 18 heavy (non-hydrogen) atoms. The Labute approximate surface area is 109 Å². The van der Waals surface area contributed by atoms with Crippen molar-refractivity contribution in [1.29, 1.82) is 0 Å². The van der Waals surface area contributed by atoms with Crippen LogP contribution in [0.1, 0.15) is 54.9 Å². The first-order valence-electron chi connectivity index (χ1n) is 6.17.